The number of anilines is 2. The van der Waals surface area contributed by atoms with E-state index in [1.807, 2.05) is 41.3 Å². The molecule has 1 aliphatic carbocycles. The molecule has 5 rings (SSSR count). The lowest BCUT2D eigenvalue weighted by Gasteiger charge is -2.31. The molecule has 1 heterocycles. The summed E-state index contributed by atoms with van der Waals surface area (Å²) in [6.07, 6.45) is 6.46. The molecule has 2 atom stereocenters. The van der Waals surface area contributed by atoms with E-state index < -0.39 is 0 Å². The van der Waals surface area contributed by atoms with Gasteiger partial charge in [-0.05, 0) is 85.3 Å². The summed E-state index contributed by atoms with van der Waals surface area (Å²) in [5.41, 5.74) is 9.55. The van der Waals surface area contributed by atoms with Gasteiger partial charge in [-0.25, -0.2) is 4.39 Å². The number of piperidine rings is 1. The molecule has 0 radical (unpaired) electrons. The number of rotatable bonds is 8. The highest BCUT2D eigenvalue weighted by atomic mass is 19.1. The van der Waals surface area contributed by atoms with Crippen molar-refractivity contribution in [2.45, 2.75) is 31.2 Å². The van der Waals surface area contributed by atoms with Crippen LogP contribution in [-0.2, 0) is 4.79 Å². The van der Waals surface area contributed by atoms with Crippen molar-refractivity contribution in [3.8, 4) is 0 Å². The van der Waals surface area contributed by atoms with Gasteiger partial charge in [0.15, 0.2) is 0 Å². The Kier molecular flexibility index (Phi) is 7.84. The number of hydrogen-bond donors (Lipinski definition) is 3. The van der Waals surface area contributed by atoms with Gasteiger partial charge in [0.25, 0.3) is 5.91 Å². The van der Waals surface area contributed by atoms with Gasteiger partial charge < -0.3 is 21.3 Å². The molecule has 2 amide bonds. The van der Waals surface area contributed by atoms with Crippen LogP contribution < -0.4 is 16.4 Å². The van der Waals surface area contributed by atoms with Crippen molar-refractivity contribution in [2.24, 2.45) is 5.92 Å². The van der Waals surface area contributed by atoms with Gasteiger partial charge in [-0.2, -0.15) is 0 Å². The van der Waals surface area contributed by atoms with E-state index in [0.717, 1.165) is 44.5 Å². The molecule has 0 bridgehead atoms. The van der Waals surface area contributed by atoms with Crippen LogP contribution in [0.15, 0.2) is 78.9 Å². The maximum atomic E-state index is 13.1. The number of halogens is 1. The second-order valence-corrected chi connectivity index (χ2v) is 10.2. The second kappa shape index (κ2) is 11.6. The first kappa shape index (κ1) is 25.7. The Balaban J connectivity index is 1.04. The van der Waals surface area contributed by atoms with Crippen molar-refractivity contribution in [3.63, 3.8) is 0 Å². The predicted molar refractivity (Wildman–Crippen MR) is 149 cm³/mol. The first-order valence-corrected chi connectivity index (χ1v) is 13.2. The van der Waals surface area contributed by atoms with E-state index in [-0.39, 0.29) is 17.6 Å². The van der Waals surface area contributed by atoms with Crippen molar-refractivity contribution < 1.29 is 14.0 Å². The summed E-state index contributed by atoms with van der Waals surface area (Å²) < 4.78 is 13.1. The molecule has 2 unspecified atom stereocenters. The van der Waals surface area contributed by atoms with Crippen LogP contribution in [0.1, 0.15) is 46.7 Å². The molecule has 7 heteroatoms. The zero-order chi connectivity index (χ0) is 26.5. The van der Waals surface area contributed by atoms with Gasteiger partial charge in [0.2, 0.25) is 5.91 Å². The van der Waals surface area contributed by atoms with E-state index in [1.165, 1.54) is 17.7 Å². The molecule has 1 saturated carbocycles. The van der Waals surface area contributed by atoms with Crippen molar-refractivity contribution in [2.75, 3.05) is 30.7 Å². The van der Waals surface area contributed by atoms with E-state index in [4.69, 9.17) is 5.73 Å². The molecular formula is C31H33FN4O2. The highest BCUT2D eigenvalue weighted by Gasteiger charge is 2.38. The van der Waals surface area contributed by atoms with Crippen molar-refractivity contribution in [1.29, 1.82) is 0 Å². The summed E-state index contributed by atoms with van der Waals surface area (Å²) in [5, 5.41) is 6.48. The van der Waals surface area contributed by atoms with E-state index in [0.29, 0.717) is 34.8 Å². The number of nitrogens with two attached hydrogens (primary N) is 1. The summed E-state index contributed by atoms with van der Waals surface area (Å²) in [5.74, 6) is 0.620. The first-order valence-electron chi connectivity index (χ1n) is 13.2. The minimum absolute atomic E-state index is 0.0105. The molecular weight excluding hydrogens is 479 g/mol. The first-order chi connectivity index (χ1) is 18.5. The highest BCUT2D eigenvalue weighted by Crippen LogP contribution is 2.41. The Labute approximate surface area is 222 Å². The standard InChI is InChI=1S/C31H33FN4O2/c32-25-12-10-23(11-13-25)26-19-29(26)34-20-22-15-17-36(18-16-22)30(37)14-7-21-5-8-24(9-6-21)31(38)35-28-4-2-1-3-27(28)33/h1-14,22,26,29,34H,15-20,33H2,(H,35,38). The third-order valence-corrected chi connectivity index (χ3v) is 7.48. The van der Waals surface area contributed by atoms with E-state index in [1.54, 1.807) is 36.4 Å². The average molecular weight is 513 g/mol. The zero-order valence-electron chi connectivity index (χ0n) is 21.3. The number of carbonyl (C=O) groups is 2. The molecule has 3 aromatic carbocycles. The van der Waals surface area contributed by atoms with Crippen LogP contribution in [0.5, 0.6) is 0 Å². The molecule has 1 aliphatic heterocycles. The van der Waals surface area contributed by atoms with Crippen LogP contribution in [-0.4, -0.2) is 42.4 Å². The van der Waals surface area contributed by atoms with Gasteiger partial charge >= 0.3 is 0 Å². The molecule has 3 aromatic rings. The average Bonchev–Trinajstić information content (AvgIpc) is 3.72. The summed E-state index contributed by atoms with van der Waals surface area (Å²) in [7, 11) is 0. The Morgan fingerprint density at radius 1 is 0.974 bits per heavy atom. The van der Waals surface area contributed by atoms with Crippen molar-refractivity contribution in [1.82, 2.24) is 10.2 Å². The van der Waals surface area contributed by atoms with Crippen molar-refractivity contribution in [3.05, 3.63) is 101 Å². The van der Waals surface area contributed by atoms with Crippen LogP contribution >= 0.6 is 0 Å². The quantitative estimate of drug-likeness (QED) is 0.291. The third-order valence-electron chi connectivity index (χ3n) is 7.48. The number of likely N-dealkylation sites (tertiary alicyclic amines) is 1. The summed E-state index contributed by atoms with van der Waals surface area (Å²) in [6.45, 7) is 2.46. The lowest BCUT2D eigenvalue weighted by atomic mass is 9.96. The smallest absolute Gasteiger partial charge is 0.255 e. The number of nitrogens with zero attached hydrogens (tertiary/aromatic N) is 1. The fourth-order valence-electron chi connectivity index (χ4n) is 5.00. The number of carbonyl (C=O) groups excluding carboxylic acids is 2. The van der Waals surface area contributed by atoms with Gasteiger partial charge in [-0.1, -0.05) is 36.4 Å². The molecule has 1 saturated heterocycles. The van der Waals surface area contributed by atoms with Crippen LogP contribution in [0.4, 0.5) is 15.8 Å². The number of amides is 2. The second-order valence-electron chi connectivity index (χ2n) is 10.2. The lowest BCUT2D eigenvalue weighted by Crippen LogP contribution is -2.40. The van der Waals surface area contributed by atoms with Gasteiger partial charge in [0, 0.05) is 36.7 Å². The zero-order valence-corrected chi connectivity index (χ0v) is 21.3. The fraction of sp³-hybridized carbons (Fsp3) is 0.290. The molecule has 2 aliphatic rings. The maximum Gasteiger partial charge on any atom is 0.255 e. The fourth-order valence-corrected chi connectivity index (χ4v) is 5.00. The number of hydrogen-bond acceptors (Lipinski definition) is 4. The molecule has 38 heavy (non-hydrogen) atoms. The molecule has 0 aromatic heterocycles. The Hall–Kier alpha value is -3.97. The number of benzene rings is 3. The Morgan fingerprint density at radius 3 is 2.39 bits per heavy atom. The summed E-state index contributed by atoms with van der Waals surface area (Å²) in [6, 6.07) is 21.5. The number of nitrogens with one attached hydrogen (secondary N) is 2. The normalized spacial score (nSPS) is 19.4. The lowest BCUT2D eigenvalue weighted by molar-refractivity contribution is -0.127. The number of nitrogen functional groups attached to an aromatic ring is 1. The molecule has 4 N–H and O–H groups in total. The summed E-state index contributed by atoms with van der Waals surface area (Å²) >= 11 is 0. The van der Waals surface area contributed by atoms with Crippen molar-refractivity contribution >= 4 is 29.3 Å². The van der Waals surface area contributed by atoms with Crippen LogP contribution in [0.25, 0.3) is 6.08 Å². The van der Waals surface area contributed by atoms with E-state index in [2.05, 4.69) is 10.6 Å². The van der Waals surface area contributed by atoms with Crippen LogP contribution in [0, 0.1) is 11.7 Å². The van der Waals surface area contributed by atoms with Gasteiger partial charge in [-0.3, -0.25) is 9.59 Å². The van der Waals surface area contributed by atoms with E-state index in [9.17, 15) is 14.0 Å². The van der Waals surface area contributed by atoms with Crippen LogP contribution in [0.2, 0.25) is 0 Å². The Morgan fingerprint density at radius 2 is 1.68 bits per heavy atom. The Bertz CT molecular complexity index is 1300. The minimum atomic E-state index is -0.237. The summed E-state index contributed by atoms with van der Waals surface area (Å²) in [4.78, 5) is 27.1. The SMILES string of the molecule is Nc1ccccc1NC(=O)c1ccc(C=CC(=O)N2CCC(CNC3CC3c3ccc(F)cc3)CC2)cc1. The highest BCUT2D eigenvalue weighted by molar-refractivity contribution is 6.05. The maximum absolute atomic E-state index is 13.1. The molecule has 2 fully saturated rings. The minimum Gasteiger partial charge on any atom is -0.397 e. The molecule has 196 valence electrons. The topological polar surface area (TPSA) is 87.5 Å². The largest absolute Gasteiger partial charge is 0.397 e. The monoisotopic (exact) mass is 512 g/mol. The van der Waals surface area contributed by atoms with Gasteiger partial charge in [0.05, 0.1) is 11.4 Å². The van der Waals surface area contributed by atoms with E-state index >= 15 is 0 Å². The van der Waals surface area contributed by atoms with Gasteiger partial charge in [-0.15, -0.1) is 0 Å². The molecule has 0 spiro atoms. The predicted octanol–water partition coefficient (Wildman–Crippen LogP) is 5.06. The third kappa shape index (κ3) is 6.47. The molecule has 6 nitrogen and oxygen atoms in total. The number of para-hydroxylation sites is 2. The van der Waals surface area contributed by atoms with Gasteiger partial charge in [0.1, 0.15) is 5.82 Å². The van der Waals surface area contributed by atoms with Crippen LogP contribution in [0.3, 0.4) is 0 Å².